The third kappa shape index (κ3) is 1.06. The number of anilines is 1. The van der Waals surface area contributed by atoms with Crippen molar-refractivity contribution in [2.75, 3.05) is 5.73 Å². The van der Waals surface area contributed by atoms with E-state index in [0.717, 1.165) is 10.7 Å². The molecule has 0 spiro atoms. The number of rotatable bonds is 1. The van der Waals surface area contributed by atoms with Crippen LogP contribution in [0.25, 0.3) is 5.13 Å². The predicted molar refractivity (Wildman–Crippen MR) is 46.2 cm³/mol. The van der Waals surface area contributed by atoms with E-state index in [4.69, 9.17) is 5.73 Å². The maximum Gasteiger partial charge on any atom is 0.229 e. The molecule has 2 aromatic heterocycles. The first-order valence-electron chi connectivity index (χ1n) is 3.36. The zero-order chi connectivity index (χ0) is 8.55. The van der Waals surface area contributed by atoms with Crippen LogP contribution in [0.3, 0.4) is 0 Å². The average molecular weight is 181 g/mol. The molecule has 12 heavy (non-hydrogen) atoms. The molecule has 0 atom stereocenters. The van der Waals surface area contributed by atoms with E-state index < -0.39 is 0 Å². The third-order valence-corrected chi connectivity index (χ3v) is 2.14. The van der Waals surface area contributed by atoms with Gasteiger partial charge in [0.2, 0.25) is 5.13 Å². The lowest BCUT2D eigenvalue weighted by atomic mass is 10.4. The summed E-state index contributed by atoms with van der Waals surface area (Å²) in [5.41, 5.74) is 6.52. The monoisotopic (exact) mass is 181 g/mol. The minimum atomic E-state index is 0.533. The van der Waals surface area contributed by atoms with E-state index in [9.17, 15) is 0 Å². The van der Waals surface area contributed by atoms with Gasteiger partial charge in [-0.1, -0.05) is 0 Å². The summed E-state index contributed by atoms with van der Waals surface area (Å²) in [7, 11) is 0. The average Bonchev–Trinajstić information content (AvgIpc) is 2.61. The topological polar surface area (TPSA) is 69.6 Å². The van der Waals surface area contributed by atoms with Crippen LogP contribution in [-0.2, 0) is 0 Å². The summed E-state index contributed by atoms with van der Waals surface area (Å²) in [6, 6.07) is 0. The van der Waals surface area contributed by atoms with Crippen molar-refractivity contribution in [3.8, 4) is 5.13 Å². The fraction of sp³-hybridized carbons (Fsp3) is 0.167. The number of nitrogens with two attached hydrogens (primary N) is 1. The summed E-state index contributed by atoms with van der Waals surface area (Å²) in [5.74, 6) is 0.533. The fourth-order valence-corrected chi connectivity index (χ4v) is 1.30. The van der Waals surface area contributed by atoms with Gasteiger partial charge in [0, 0.05) is 23.3 Å². The van der Waals surface area contributed by atoms with Gasteiger partial charge in [-0.2, -0.15) is 4.37 Å². The second kappa shape index (κ2) is 2.56. The number of nitrogen functional groups attached to an aromatic ring is 1. The maximum atomic E-state index is 5.57. The predicted octanol–water partition coefficient (Wildman–Crippen LogP) is 0.614. The molecule has 0 aliphatic rings. The molecular formula is C6H7N5S. The van der Waals surface area contributed by atoms with Crippen molar-refractivity contribution in [3.05, 3.63) is 18.1 Å². The molecule has 0 aromatic carbocycles. The van der Waals surface area contributed by atoms with E-state index in [1.807, 2.05) is 13.1 Å². The minimum absolute atomic E-state index is 0.533. The lowest BCUT2D eigenvalue weighted by Crippen LogP contribution is -1.94. The second-order valence-electron chi connectivity index (χ2n) is 2.37. The Morgan fingerprint density at radius 3 is 2.92 bits per heavy atom. The number of nitrogens with zero attached hydrogens (tertiary/aromatic N) is 4. The Labute approximate surface area is 73.0 Å². The first kappa shape index (κ1) is 7.23. The molecule has 6 heteroatoms. The molecule has 2 aromatic rings. The fourth-order valence-electron chi connectivity index (χ4n) is 0.840. The van der Waals surface area contributed by atoms with Gasteiger partial charge in [0.05, 0.1) is 0 Å². The van der Waals surface area contributed by atoms with Crippen LogP contribution in [0.15, 0.2) is 12.5 Å². The Morgan fingerprint density at radius 2 is 2.42 bits per heavy atom. The van der Waals surface area contributed by atoms with Gasteiger partial charge in [-0.3, -0.25) is 0 Å². The maximum absolute atomic E-state index is 5.57. The van der Waals surface area contributed by atoms with Crippen LogP contribution < -0.4 is 5.73 Å². The van der Waals surface area contributed by atoms with Crippen molar-refractivity contribution in [2.24, 2.45) is 0 Å². The van der Waals surface area contributed by atoms with Gasteiger partial charge in [0.15, 0.2) is 0 Å². The molecule has 2 N–H and O–H groups in total. The lowest BCUT2D eigenvalue weighted by Gasteiger charge is -1.89. The Balaban J connectivity index is 2.48. The van der Waals surface area contributed by atoms with Gasteiger partial charge in [0.25, 0.3) is 0 Å². The largest absolute Gasteiger partial charge is 0.382 e. The Kier molecular flexibility index (Phi) is 1.54. The highest BCUT2D eigenvalue weighted by Crippen LogP contribution is 2.12. The summed E-state index contributed by atoms with van der Waals surface area (Å²) >= 11 is 1.28. The van der Waals surface area contributed by atoms with Gasteiger partial charge in [0.1, 0.15) is 12.1 Å². The molecule has 62 valence electrons. The summed E-state index contributed by atoms with van der Waals surface area (Å²) < 4.78 is 5.49. The highest BCUT2D eigenvalue weighted by Gasteiger charge is 2.04. The van der Waals surface area contributed by atoms with Crippen LogP contribution in [0, 0.1) is 6.92 Å². The van der Waals surface area contributed by atoms with E-state index >= 15 is 0 Å². The quantitative estimate of drug-likeness (QED) is 0.700. The SMILES string of the molecule is Cc1cn(-c2ncns2)nc1N. The second-order valence-corrected chi connectivity index (χ2v) is 3.12. The minimum Gasteiger partial charge on any atom is -0.382 e. The Bertz CT molecular complexity index is 357. The molecule has 0 saturated carbocycles. The lowest BCUT2D eigenvalue weighted by molar-refractivity contribution is 0.873. The van der Waals surface area contributed by atoms with E-state index in [0.29, 0.717) is 5.82 Å². The van der Waals surface area contributed by atoms with E-state index in [1.165, 1.54) is 17.9 Å². The molecule has 5 nitrogen and oxygen atoms in total. The van der Waals surface area contributed by atoms with E-state index in [1.54, 1.807) is 4.68 Å². The number of aromatic nitrogens is 4. The van der Waals surface area contributed by atoms with Crippen molar-refractivity contribution < 1.29 is 0 Å². The van der Waals surface area contributed by atoms with Crippen LogP contribution >= 0.6 is 11.5 Å². The highest BCUT2D eigenvalue weighted by atomic mass is 32.1. The molecule has 0 unspecified atom stereocenters. The molecule has 2 rings (SSSR count). The molecule has 0 saturated heterocycles. The van der Waals surface area contributed by atoms with Crippen LogP contribution in [0.2, 0.25) is 0 Å². The standard InChI is InChI=1S/C6H7N5S/c1-4-2-11(10-5(4)7)6-8-3-9-12-6/h2-3H,1H3,(H2,7,10). The van der Waals surface area contributed by atoms with Gasteiger partial charge >= 0.3 is 0 Å². The van der Waals surface area contributed by atoms with Crippen LogP contribution in [0.5, 0.6) is 0 Å². The van der Waals surface area contributed by atoms with E-state index in [2.05, 4.69) is 14.5 Å². The van der Waals surface area contributed by atoms with E-state index in [-0.39, 0.29) is 0 Å². The smallest absolute Gasteiger partial charge is 0.229 e. The van der Waals surface area contributed by atoms with Gasteiger partial charge < -0.3 is 5.73 Å². The zero-order valence-electron chi connectivity index (χ0n) is 6.43. The van der Waals surface area contributed by atoms with Crippen molar-refractivity contribution >= 4 is 17.4 Å². The summed E-state index contributed by atoms with van der Waals surface area (Å²) in [4.78, 5) is 3.99. The molecular weight excluding hydrogens is 174 g/mol. The summed E-state index contributed by atoms with van der Waals surface area (Å²) in [5, 5.41) is 4.79. The van der Waals surface area contributed by atoms with Gasteiger partial charge in [-0.15, -0.1) is 5.10 Å². The molecule has 2 heterocycles. The van der Waals surface area contributed by atoms with Crippen molar-refractivity contribution in [1.82, 2.24) is 19.1 Å². The third-order valence-electron chi connectivity index (χ3n) is 1.48. The molecule has 0 aliphatic carbocycles. The molecule has 0 aliphatic heterocycles. The highest BCUT2D eigenvalue weighted by molar-refractivity contribution is 7.07. The Morgan fingerprint density at radius 1 is 1.58 bits per heavy atom. The van der Waals surface area contributed by atoms with Crippen molar-refractivity contribution in [3.63, 3.8) is 0 Å². The first-order chi connectivity index (χ1) is 5.77. The molecule has 0 bridgehead atoms. The van der Waals surface area contributed by atoms with Crippen LogP contribution in [0.4, 0.5) is 5.82 Å². The number of aryl methyl sites for hydroxylation is 1. The summed E-state index contributed by atoms with van der Waals surface area (Å²) in [6.45, 7) is 1.90. The van der Waals surface area contributed by atoms with Crippen molar-refractivity contribution in [2.45, 2.75) is 6.92 Å². The van der Waals surface area contributed by atoms with Gasteiger partial charge in [-0.25, -0.2) is 9.67 Å². The van der Waals surface area contributed by atoms with Crippen LogP contribution in [-0.4, -0.2) is 19.1 Å². The zero-order valence-corrected chi connectivity index (χ0v) is 7.25. The summed E-state index contributed by atoms with van der Waals surface area (Å²) in [6.07, 6.45) is 3.32. The van der Waals surface area contributed by atoms with Crippen molar-refractivity contribution in [1.29, 1.82) is 0 Å². The van der Waals surface area contributed by atoms with Crippen LogP contribution in [0.1, 0.15) is 5.56 Å². The van der Waals surface area contributed by atoms with Gasteiger partial charge in [-0.05, 0) is 6.92 Å². The Hall–Kier alpha value is -1.43. The molecule has 0 fully saturated rings. The molecule has 0 radical (unpaired) electrons. The number of hydrogen-bond acceptors (Lipinski definition) is 5. The number of hydrogen-bond donors (Lipinski definition) is 1. The normalized spacial score (nSPS) is 10.4. The first-order valence-corrected chi connectivity index (χ1v) is 4.13. The molecule has 0 amide bonds.